The normalized spacial score (nSPS) is 19.1. The molecule has 5 nitrogen and oxygen atoms in total. The van der Waals surface area contributed by atoms with E-state index in [9.17, 15) is 14.7 Å². The Bertz CT molecular complexity index is 591. The Morgan fingerprint density at radius 1 is 1.40 bits per heavy atom. The lowest BCUT2D eigenvalue weighted by atomic mass is 9.82. The summed E-state index contributed by atoms with van der Waals surface area (Å²) in [5.41, 5.74) is 2.23. The second-order valence-electron chi connectivity index (χ2n) is 5.15. The Morgan fingerprint density at radius 2 is 2.10 bits per heavy atom. The lowest BCUT2D eigenvalue weighted by Crippen LogP contribution is -2.30. The third-order valence-electron chi connectivity index (χ3n) is 3.23. The molecule has 0 aliphatic carbocycles. The van der Waals surface area contributed by atoms with Crippen LogP contribution in [0.15, 0.2) is 30.0 Å². The van der Waals surface area contributed by atoms with Crippen molar-refractivity contribution in [2.75, 3.05) is 26.0 Å². The molecule has 0 amide bonds. The fraction of sp³-hybridized carbons (Fsp3) is 0.333. The number of hydrogen-bond acceptors (Lipinski definition) is 5. The van der Waals surface area contributed by atoms with Gasteiger partial charge in [-0.3, -0.25) is 9.59 Å². The Kier molecular flexibility index (Phi) is 3.79. The second kappa shape index (κ2) is 5.36. The zero-order valence-corrected chi connectivity index (χ0v) is 11.8. The first-order valence-corrected chi connectivity index (χ1v) is 6.38. The molecule has 0 saturated heterocycles. The molecule has 0 saturated carbocycles. The van der Waals surface area contributed by atoms with Crippen molar-refractivity contribution in [1.82, 2.24) is 4.90 Å². The molecule has 20 heavy (non-hydrogen) atoms. The third kappa shape index (κ3) is 2.66. The van der Waals surface area contributed by atoms with Crippen molar-refractivity contribution in [3.8, 4) is 5.75 Å². The highest BCUT2D eigenvalue weighted by Gasteiger charge is 2.33. The molecule has 1 aliphatic rings. The minimum atomic E-state index is -0.627. The summed E-state index contributed by atoms with van der Waals surface area (Å²) in [6.45, 7) is 1.78. The molecule has 2 rings (SSSR count). The van der Waals surface area contributed by atoms with Crippen molar-refractivity contribution in [2.24, 2.45) is 0 Å². The first-order chi connectivity index (χ1) is 9.40. The summed E-state index contributed by atoms with van der Waals surface area (Å²) in [6, 6.07) is 4.82. The van der Waals surface area contributed by atoms with Crippen LogP contribution in [0.4, 0.5) is 5.69 Å². The van der Waals surface area contributed by atoms with Gasteiger partial charge in [-0.15, -0.1) is 0 Å². The molecular weight excluding hydrogens is 256 g/mol. The van der Waals surface area contributed by atoms with Crippen molar-refractivity contribution < 1.29 is 14.7 Å². The van der Waals surface area contributed by atoms with E-state index in [-0.39, 0.29) is 5.75 Å². The number of aromatic hydroxyl groups is 1. The van der Waals surface area contributed by atoms with Crippen LogP contribution in [0.1, 0.15) is 18.4 Å². The number of rotatable bonds is 3. The van der Waals surface area contributed by atoms with E-state index in [0.717, 1.165) is 11.3 Å². The average molecular weight is 274 g/mol. The minimum absolute atomic E-state index is 0.0815. The Hall–Kier alpha value is -2.30. The maximum atomic E-state index is 12.2. The highest BCUT2D eigenvalue weighted by molar-refractivity contribution is 6.39. The fourth-order valence-electron chi connectivity index (χ4n) is 2.41. The standard InChI is InChI=1S/C15H18N2O3/c1-9(18)15(20)14-10(8-17(2)3)7-16-13-5-4-11(19)6-12(13)14/h4-6,8,14,16,19H,7H2,1-3H3/b10-8-. The van der Waals surface area contributed by atoms with Gasteiger partial charge >= 0.3 is 0 Å². The molecule has 1 aliphatic heterocycles. The van der Waals surface area contributed by atoms with Crippen LogP contribution in [-0.2, 0) is 9.59 Å². The zero-order chi connectivity index (χ0) is 14.9. The van der Waals surface area contributed by atoms with Crippen molar-refractivity contribution >= 4 is 17.3 Å². The Balaban J connectivity index is 2.56. The largest absolute Gasteiger partial charge is 0.508 e. The SMILES string of the molecule is CC(=O)C(=O)C1/C(=C\N(C)C)CNc2ccc(O)cc21. The average Bonchev–Trinajstić information content (AvgIpc) is 2.36. The third-order valence-corrected chi connectivity index (χ3v) is 3.23. The highest BCUT2D eigenvalue weighted by Crippen LogP contribution is 2.37. The van der Waals surface area contributed by atoms with Crippen LogP contribution in [0, 0.1) is 0 Å². The lowest BCUT2D eigenvalue weighted by molar-refractivity contribution is -0.135. The first kappa shape index (κ1) is 14.1. The van der Waals surface area contributed by atoms with Crippen LogP contribution in [-0.4, -0.2) is 42.2 Å². The molecule has 1 aromatic rings. The minimum Gasteiger partial charge on any atom is -0.508 e. The molecule has 0 aromatic heterocycles. The van der Waals surface area contributed by atoms with Crippen LogP contribution < -0.4 is 5.32 Å². The van der Waals surface area contributed by atoms with Gasteiger partial charge < -0.3 is 15.3 Å². The van der Waals surface area contributed by atoms with Crippen LogP contribution in [0.5, 0.6) is 5.75 Å². The predicted octanol–water partition coefficient (Wildman–Crippen LogP) is 1.50. The lowest BCUT2D eigenvalue weighted by Gasteiger charge is -2.29. The number of phenolic OH excluding ortho intramolecular Hbond substituents is 1. The van der Waals surface area contributed by atoms with Gasteiger partial charge in [0.25, 0.3) is 0 Å². The van der Waals surface area contributed by atoms with E-state index in [0.29, 0.717) is 12.1 Å². The molecule has 2 N–H and O–H groups in total. The van der Waals surface area contributed by atoms with E-state index in [2.05, 4.69) is 5.32 Å². The number of fused-ring (bicyclic) bond motifs is 1. The molecule has 0 radical (unpaired) electrons. The molecular formula is C15H18N2O3. The summed E-state index contributed by atoms with van der Waals surface area (Å²) in [5.74, 6) is -1.47. The Labute approximate surface area is 117 Å². The summed E-state index contributed by atoms with van der Waals surface area (Å²) in [6.07, 6.45) is 1.84. The van der Waals surface area contributed by atoms with E-state index < -0.39 is 17.5 Å². The van der Waals surface area contributed by atoms with Crippen molar-refractivity contribution in [3.05, 3.63) is 35.5 Å². The number of anilines is 1. The van der Waals surface area contributed by atoms with Gasteiger partial charge in [0.1, 0.15) is 5.75 Å². The maximum Gasteiger partial charge on any atom is 0.209 e. The summed E-state index contributed by atoms with van der Waals surface area (Å²) < 4.78 is 0. The number of hydrogen-bond donors (Lipinski definition) is 2. The van der Waals surface area contributed by atoms with Gasteiger partial charge in [0.05, 0.1) is 5.92 Å². The van der Waals surface area contributed by atoms with E-state index in [4.69, 9.17) is 0 Å². The first-order valence-electron chi connectivity index (χ1n) is 6.38. The number of carbonyl (C=O) groups excluding carboxylic acids is 2. The predicted molar refractivity (Wildman–Crippen MR) is 76.8 cm³/mol. The van der Waals surface area contributed by atoms with Crippen LogP contribution in [0.25, 0.3) is 0 Å². The van der Waals surface area contributed by atoms with Crippen molar-refractivity contribution in [1.29, 1.82) is 0 Å². The van der Waals surface area contributed by atoms with E-state index in [1.54, 1.807) is 12.1 Å². The summed E-state index contributed by atoms with van der Waals surface area (Å²) in [7, 11) is 3.72. The maximum absolute atomic E-state index is 12.2. The topological polar surface area (TPSA) is 69.6 Å². The smallest absolute Gasteiger partial charge is 0.209 e. The molecule has 0 fully saturated rings. The summed E-state index contributed by atoms with van der Waals surface area (Å²) in [5, 5.41) is 12.8. The van der Waals surface area contributed by atoms with Gasteiger partial charge in [0, 0.05) is 39.5 Å². The molecule has 1 aromatic carbocycles. The van der Waals surface area contributed by atoms with Crippen molar-refractivity contribution in [2.45, 2.75) is 12.8 Å². The van der Waals surface area contributed by atoms with Crippen LogP contribution in [0.3, 0.4) is 0 Å². The van der Waals surface area contributed by atoms with E-state index in [1.807, 2.05) is 25.2 Å². The van der Waals surface area contributed by atoms with Gasteiger partial charge in [-0.25, -0.2) is 0 Å². The number of nitrogens with one attached hydrogen (secondary N) is 1. The Morgan fingerprint density at radius 3 is 2.70 bits per heavy atom. The summed E-state index contributed by atoms with van der Waals surface area (Å²) >= 11 is 0. The van der Waals surface area contributed by atoms with Gasteiger partial charge in [-0.2, -0.15) is 0 Å². The second-order valence-corrected chi connectivity index (χ2v) is 5.15. The monoisotopic (exact) mass is 274 g/mol. The molecule has 0 spiro atoms. The molecule has 106 valence electrons. The van der Waals surface area contributed by atoms with Gasteiger partial charge in [0.2, 0.25) is 5.78 Å². The number of ketones is 2. The van der Waals surface area contributed by atoms with E-state index >= 15 is 0 Å². The van der Waals surface area contributed by atoms with Gasteiger partial charge in [0.15, 0.2) is 5.78 Å². The quantitative estimate of drug-likeness (QED) is 0.646. The zero-order valence-electron chi connectivity index (χ0n) is 11.8. The van der Waals surface area contributed by atoms with Gasteiger partial charge in [-0.1, -0.05) is 0 Å². The molecule has 0 bridgehead atoms. The van der Waals surface area contributed by atoms with Crippen LogP contribution >= 0.6 is 0 Å². The van der Waals surface area contributed by atoms with Crippen LogP contribution in [0.2, 0.25) is 0 Å². The van der Waals surface area contributed by atoms with Crippen molar-refractivity contribution in [3.63, 3.8) is 0 Å². The molecule has 5 heteroatoms. The van der Waals surface area contributed by atoms with E-state index in [1.165, 1.54) is 13.0 Å². The molecule has 1 atom stereocenters. The highest BCUT2D eigenvalue weighted by atomic mass is 16.3. The number of nitrogens with zero attached hydrogens (tertiary/aromatic N) is 1. The molecule has 1 unspecified atom stereocenters. The summed E-state index contributed by atoms with van der Waals surface area (Å²) in [4.78, 5) is 25.6. The fourth-order valence-corrected chi connectivity index (χ4v) is 2.41. The number of benzene rings is 1. The molecule has 1 heterocycles. The van der Waals surface area contributed by atoms with Gasteiger partial charge in [-0.05, 0) is 29.3 Å². The number of phenols is 1. The number of carbonyl (C=O) groups is 2. The number of Topliss-reactive ketones (excluding diaryl/α,β-unsaturated/α-hetero) is 2.